The molecule has 0 radical (unpaired) electrons. The zero-order chi connectivity index (χ0) is 8.39. The van der Waals surface area contributed by atoms with Gasteiger partial charge in [0.25, 0.3) is 0 Å². The molecule has 0 aliphatic heterocycles. The molecule has 0 saturated heterocycles. The molecule has 12 heavy (non-hydrogen) atoms. The first-order valence-corrected chi connectivity index (χ1v) is 4.27. The minimum Gasteiger partial charge on any atom is -0.212 e. The van der Waals surface area contributed by atoms with Gasteiger partial charge in [0.2, 0.25) is 0 Å². The lowest BCUT2D eigenvalue weighted by atomic mass is 9.99. The Bertz CT molecular complexity index is 287. The molecule has 0 fully saturated rings. The fourth-order valence-electron chi connectivity index (χ4n) is 1.64. The summed E-state index contributed by atoms with van der Waals surface area (Å²) >= 11 is 0. The van der Waals surface area contributed by atoms with Gasteiger partial charge in [-0.05, 0) is 24.5 Å². The van der Waals surface area contributed by atoms with E-state index in [-0.39, 0.29) is 5.83 Å². The summed E-state index contributed by atoms with van der Waals surface area (Å²) in [6.45, 7) is 0. The summed E-state index contributed by atoms with van der Waals surface area (Å²) in [5.41, 5.74) is 1.23. The predicted molar refractivity (Wildman–Crippen MR) is 47.6 cm³/mol. The van der Waals surface area contributed by atoms with Crippen LogP contribution in [0.2, 0.25) is 0 Å². The first kappa shape index (κ1) is 7.53. The Labute approximate surface area is 71.7 Å². The van der Waals surface area contributed by atoms with Crippen LogP contribution in [0.15, 0.2) is 42.2 Å². The van der Waals surface area contributed by atoms with E-state index in [0.717, 1.165) is 6.42 Å². The van der Waals surface area contributed by atoms with Crippen LogP contribution in [-0.4, -0.2) is 0 Å². The summed E-state index contributed by atoms with van der Waals surface area (Å²) in [4.78, 5) is 0. The van der Waals surface area contributed by atoms with Gasteiger partial charge < -0.3 is 0 Å². The lowest BCUT2D eigenvalue weighted by molar-refractivity contribution is 0.602. The van der Waals surface area contributed by atoms with Crippen LogP contribution in [0.4, 0.5) is 4.39 Å². The number of halogens is 1. The fraction of sp³-hybridized carbons (Fsp3) is 0.273. The highest BCUT2D eigenvalue weighted by Gasteiger charge is 2.16. The zero-order valence-corrected chi connectivity index (χ0v) is 6.83. The molecule has 0 saturated carbocycles. The highest BCUT2D eigenvalue weighted by molar-refractivity contribution is 5.27. The van der Waals surface area contributed by atoms with Crippen LogP contribution in [0, 0.1) is 0 Å². The highest BCUT2D eigenvalue weighted by Crippen LogP contribution is 2.32. The van der Waals surface area contributed by atoms with E-state index in [1.165, 1.54) is 5.56 Å². The van der Waals surface area contributed by atoms with Crippen molar-refractivity contribution in [2.45, 2.75) is 18.8 Å². The Morgan fingerprint density at radius 2 is 1.92 bits per heavy atom. The van der Waals surface area contributed by atoms with E-state index in [1.807, 2.05) is 18.2 Å². The van der Waals surface area contributed by atoms with Crippen LogP contribution < -0.4 is 0 Å². The molecule has 0 aromatic heterocycles. The van der Waals surface area contributed by atoms with Crippen LogP contribution in [0.1, 0.15) is 24.3 Å². The van der Waals surface area contributed by atoms with Crippen LogP contribution in [-0.2, 0) is 0 Å². The Morgan fingerprint density at radius 1 is 1.17 bits per heavy atom. The van der Waals surface area contributed by atoms with E-state index >= 15 is 0 Å². The van der Waals surface area contributed by atoms with Crippen molar-refractivity contribution < 1.29 is 4.39 Å². The van der Waals surface area contributed by atoms with Crippen molar-refractivity contribution in [1.29, 1.82) is 0 Å². The highest BCUT2D eigenvalue weighted by atomic mass is 19.1. The van der Waals surface area contributed by atoms with Gasteiger partial charge in [0.05, 0.1) is 5.83 Å². The molecule has 0 bridgehead atoms. The molecule has 1 aliphatic carbocycles. The van der Waals surface area contributed by atoms with Gasteiger partial charge in [-0.1, -0.05) is 30.3 Å². The molecule has 1 heteroatoms. The maximum absolute atomic E-state index is 12.7. The van der Waals surface area contributed by atoms with Crippen molar-refractivity contribution >= 4 is 0 Å². The van der Waals surface area contributed by atoms with Crippen molar-refractivity contribution in [2.24, 2.45) is 0 Å². The molecule has 1 aromatic rings. The van der Waals surface area contributed by atoms with Crippen molar-refractivity contribution in [1.82, 2.24) is 0 Å². The van der Waals surface area contributed by atoms with Gasteiger partial charge in [0.1, 0.15) is 0 Å². The topological polar surface area (TPSA) is 0 Å². The standard InChI is InChI=1S/C11H11F/c12-11-7-6-10(8-11)9-4-2-1-3-5-9/h1-5,8,10H,6-7H2. The summed E-state index contributed by atoms with van der Waals surface area (Å²) in [6.07, 6.45) is 3.27. The molecular weight excluding hydrogens is 151 g/mol. The van der Waals surface area contributed by atoms with Crippen LogP contribution >= 0.6 is 0 Å². The molecule has 0 amide bonds. The van der Waals surface area contributed by atoms with Crippen LogP contribution in [0.5, 0.6) is 0 Å². The normalized spacial score (nSPS) is 22.4. The monoisotopic (exact) mass is 162 g/mol. The average Bonchev–Trinajstić information content (AvgIpc) is 2.54. The van der Waals surface area contributed by atoms with Crippen LogP contribution in [0.3, 0.4) is 0 Å². The van der Waals surface area contributed by atoms with E-state index in [1.54, 1.807) is 6.08 Å². The molecule has 1 atom stereocenters. The second-order valence-electron chi connectivity index (χ2n) is 3.17. The van der Waals surface area contributed by atoms with E-state index in [2.05, 4.69) is 12.1 Å². The summed E-state index contributed by atoms with van der Waals surface area (Å²) in [5.74, 6) is 0.357. The number of allylic oxidation sites excluding steroid dienone is 2. The summed E-state index contributed by atoms with van der Waals surface area (Å²) in [6, 6.07) is 10.1. The quantitative estimate of drug-likeness (QED) is 0.593. The van der Waals surface area contributed by atoms with Gasteiger partial charge in [-0.3, -0.25) is 0 Å². The fourth-order valence-corrected chi connectivity index (χ4v) is 1.64. The smallest absolute Gasteiger partial charge is 0.0966 e. The lowest BCUT2D eigenvalue weighted by Gasteiger charge is -2.05. The van der Waals surface area contributed by atoms with E-state index in [9.17, 15) is 4.39 Å². The van der Waals surface area contributed by atoms with Gasteiger partial charge in [0, 0.05) is 5.92 Å². The van der Waals surface area contributed by atoms with Crippen LogP contribution in [0.25, 0.3) is 0 Å². The van der Waals surface area contributed by atoms with Gasteiger partial charge in [-0.2, -0.15) is 0 Å². The minimum absolute atomic E-state index is 0.0452. The minimum atomic E-state index is 0.0452. The largest absolute Gasteiger partial charge is 0.212 e. The molecule has 1 aromatic carbocycles. The molecule has 0 N–H and O–H groups in total. The van der Waals surface area contributed by atoms with Crippen molar-refractivity contribution in [2.75, 3.05) is 0 Å². The predicted octanol–water partition coefficient (Wildman–Crippen LogP) is 3.42. The lowest BCUT2D eigenvalue weighted by Crippen LogP contribution is -1.88. The third-order valence-corrected chi connectivity index (χ3v) is 2.30. The molecule has 0 nitrogen and oxygen atoms in total. The molecule has 0 spiro atoms. The third kappa shape index (κ3) is 1.40. The zero-order valence-electron chi connectivity index (χ0n) is 6.83. The summed E-state index contributed by atoms with van der Waals surface area (Å²) in [5, 5.41) is 0. The molecule has 2 rings (SSSR count). The number of hydrogen-bond donors (Lipinski definition) is 0. The van der Waals surface area contributed by atoms with E-state index < -0.39 is 0 Å². The van der Waals surface area contributed by atoms with E-state index in [4.69, 9.17) is 0 Å². The summed E-state index contributed by atoms with van der Waals surface area (Å²) < 4.78 is 12.7. The average molecular weight is 162 g/mol. The number of hydrogen-bond acceptors (Lipinski definition) is 0. The van der Waals surface area contributed by atoms with Gasteiger partial charge in [-0.15, -0.1) is 0 Å². The van der Waals surface area contributed by atoms with Crippen molar-refractivity contribution in [3.8, 4) is 0 Å². The number of benzene rings is 1. The third-order valence-electron chi connectivity index (χ3n) is 2.30. The Kier molecular flexibility index (Phi) is 1.94. The maximum Gasteiger partial charge on any atom is 0.0966 e. The number of rotatable bonds is 1. The molecule has 62 valence electrons. The first-order chi connectivity index (χ1) is 5.86. The second kappa shape index (κ2) is 3.10. The Morgan fingerprint density at radius 3 is 2.50 bits per heavy atom. The molecular formula is C11H11F. The van der Waals surface area contributed by atoms with Crippen molar-refractivity contribution in [3.05, 3.63) is 47.8 Å². The van der Waals surface area contributed by atoms with Crippen molar-refractivity contribution in [3.63, 3.8) is 0 Å². The Balaban J connectivity index is 2.22. The Hall–Kier alpha value is -1.11. The SMILES string of the molecule is FC1=CC(c2ccccc2)CC1. The van der Waals surface area contributed by atoms with E-state index in [0.29, 0.717) is 12.3 Å². The first-order valence-electron chi connectivity index (χ1n) is 4.27. The maximum atomic E-state index is 12.7. The summed E-state index contributed by atoms with van der Waals surface area (Å²) in [7, 11) is 0. The second-order valence-corrected chi connectivity index (χ2v) is 3.17. The van der Waals surface area contributed by atoms with Gasteiger partial charge in [-0.25, -0.2) is 4.39 Å². The van der Waals surface area contributed by atoms with Gasteiger partial charge >= 0.3 is 0 Å². The molecule has 1 unspecified atom stereocenters. The molecule has 0 heterocycles. The van der Waals surface area contributed by atoms with Gasteiger partial charge in [0.15, 0.2) is 0 Å². The molecule has 1 aliphatic rings.